The molecule has 0 bridgehead atoms. The zero-order valence-electron chi connectivity index (χ0n) is 22.4. The highest BCUT2D eigenvalue weighted by molar-refractivity contribution is 7.80. The van der Waals surface area contributed by atoms with Crippen molar-refractivity contribution in [2.24, 2.45) is 0 Å². The smallest absolute Gasteiger partial charge is 0.257 e. The van der Waals surface area contributed by atoms with Gasteiger partial charge in [-0.2, -0.15) is 0 Å². The number of ether oxygens (including phenoxy) is 1. The molecular formula is C30H33ClN4O3S. The van der Waals surface area contributed by atoms with Crippen LogP contribution in [0.25, 0.3) is 0 Å². The van der Waals surface area contributed by atoms with E-state index < -0.39 is 0 Å². The highest BCUT2D eigenvalue weighted by Crippen LogP contribution is 2.30. The summed E-state index contributed by atoms with van der Waals surface area (Å²) in [6, 6.07) is 18.4. The van der Waals surface area contributed by atoms with E-state index in [1.54, 1.807) is 12.1 Å². The van der Waals surface area contributed by atoms with E-state index in [1.807, 2.05) is 67.3 Å². The number of piperazine rings is 1. The van der Waals surface area contributed by atoms with Crippen LogP contribution in [0, 0.1) is 13.8 Å². The zero-order chi connectivity index (χ0) is 27.9. The third kappa shape index (κ3) is 7.28. The zero-order valence-corrected chi connectivity index (χ0v) is 24.0. The van der Waals surface area contributed by atoms with Crippen LogP contribution in [0.1, 0.15) is 45.2 Å². The molecule has 4 rings (SSSR count). The Labute approximate surface area is 240 Å². The van der Waals surface area contributed by atoms with Gasteiger partial charge in [-0.05, 0) is 98.2 Å². The number of hydrogen-bond donors (Lipinski definition) is 2. The van der Waals surface area contributed by atoms with Crippen LogP contribution >= 0.6 is 23.8 Å². The highest BCUT2D eigenvalue weighted by atomic mass is 35.5. The quantitative estimate of drug-likeness (QED) is 0.352. The van der Waals surface area contributed by atoms with Crippen LogP contribution in [0.15, 0.2) is 60.7 Å². The summed E-state index contributed by atoms with van der Waals surface area (Å²) in [5.74, 6) is 0.514. The Bertz CT molecular complexity index is 1350. The average molecular weight is 565 g/mol. The summed E-state index contributed by atoms with van der Waals surface area (Å²) in [6.45, 7) is 9.21. The molecule has 3 aromatic rings. The van der Waals surface area contributed by atoms with Crippen molar-refractivity contribution < 1.29 is 14.3 Å². The Balaban J connectivity index is 1.30. The lowest BCUT2D eigenvalue weighted by molar-refractivity contribution is 0.0746. The Morgan fingerprint density at radius 1 is 0.923 bits per heavy atom. The van der Waals surface area contributed by atoms with Gasteiger partial charge in [0.05, 0.1) is 17.3 Å². The van der Waals surface area contributed by atoms with Gasteiger partial charge in [-0.3, -0.25) is 14.9 Å². The van der Waals surface area contributed by atoms with Gasteiger partial charge in [-0.15, -0.1) is 0 Å². The number of nitrogens with one attached hydrogen (secondary N) is 2. The van der Waals surface area contributed by atoms with Crippen molar-refractivity contribution in [3.8, 4) is 5.75 Å². The van der Waals surface area contributed by atoms with Crippen LogP contribution in [-0.4, -0.2) is 54.6 Å². The first-order chi connectivity index (χ1) is 18.7. The molecule has 3 aromatic carbocycles. The van der Waals surface area contributed by atoms with Crippen LogP contribution < -0.4 is 20.3 Å². The largest absolute Gasteiger partial charge is 0.494 e. The van der Waals surface area contributed by atoms with E-state index in [0.29, 0.717) is 54.6 Å². The van der Waals surface area contributed by atoms with Crippen molar-refractivity contribution in [3.05, 3.63) is 87.9 Å². The Kier molecular flexibility index (Phi) is 9.43. The molecule has 1 heterocycles. The standard InChI is InChI=1S/C30H33ClN4O3S/c1-4-17-38-25-10-7-22(8-11-25)29(37)35-15-13-34(14-16-35)27-12-9-24(19-26(27)31)32-30(39)33-28(36)23-6-5-20(2)21(3)18-23/h5-12,18-19H,4,13-17H2,1-3H3,(H2,32,33,36,39). The lowest BCUT2D eigenvalue weighted by atomic mass is 10.1. The predicted molar refractivity (Wildman–Crippen MR) is 161 cm³/mol. The Hall–Kier alpha value is -3.62. The molecule has 0 aromatic heterocycles. The Morgan fingerprint density at radius 2 is 1.62 bits per heavy atom. The normalized spacial score (nSPS) is 13.1. The van der Waals surface area contributed by atoms with Crippen LogP contribution in [0.3, 0.4) is 0 Å². The number of thiocarbonyl (C=S) groups is 1. The van der Waals surface area contributed by atoms with Crippen molar-refractivity contribution in [2.75, 3.05) is 43.0 Å². The first-order valence-corrected chi connectivity index (χ1v) is 13.8. The minimum Gasteiger partial charge on any atom is -0.494 e. The van der Waals surface area contributed by atoms with Crippen molar-refractivity contribution in [1.82, 2.24) is 10.2 Å². The number of rotatable bonds is 7. The van der Waals surface area contributed by atoms with Gasteiger partial charge in [0.2, 0.25) is 0 Å². The summed E-state index contributed by atoms with van der Waals surface area (Å²) in [7, 11) is 0. The predicted octanol–water partition coefficient (Wildman–Crippen LogP) is 5.83. The molecule has 9 heteroatoms. The maximum absolute atomic E-state index is 13.0. The third-order valence-electron chi connectivity index (χ3n) is 6.68. The van der Waals surface area contributed by atoms with Gasteiger partial charge in [0.25, 0.3) is 11.8 Å². The van der Waals surface area contributed by atoms with E-state index in [2.05, 4.69) is 22.5 Å². The molecule has 0 saturated carbocycles. The summed E-state index contributed by atoms with van der Waals surface area (Å²) in [5, 5.41) is 6.50. The molecule has 1 saturated heterocycles. The third-order valence-corrected chi connectivity index (χ3v) is 7.19. The average Bonchev–Trinajstić information content (AvgIpc) is 2.93. The SMILES string of the molecule is CCCOc1ccc(C(=O)N2CCN(c3ccc(NC(=S)NC(=O)c4ccc(C)c(C)c4)cc3Cl)CC2)cc1. The molecule has 7 nitrogen and oxygen atoms in total. The van der Waals surface area contributed by atoms with Crippen molar-refractivity contribution in [3.63, 3.8) is 0 Å². The molecule has 0 atom stereocenters. The summed E-state index contributed by atoms with van der Waals surface area (Å²) in [5.41, 5.74) is 4.93. The maximum Gasteiger partial charge on any atom is 0.257 e. The van der Waals surface area contributed by atoms with E-state index in [-0.39, 0.29) is 16.9 Å². The van der Waals surface area contributed by atoms with Crippen LogP contribution in [0.5, 0.6) is 5.75 Å². The molecule has 39 heavy (non-hydrogen) atoms. The highest BCUT2D eigenvalue weighted by Gasteiger charge is 2.23. The molecule has 1 fully saturated rings. The van der Waals surface area contributed by atoms with Crippen molar-refractivity contribution in [2.45, 2.75) is 27.2 Å². The number of anilines is 2. The number of carbonyl (C=O) groups excluding carboxylic acids is 2. The molecule has 1 aliphatic heterocycles. The number of hydrogen-bond acceptors (Lipinski definition) is 5. The van der Waals surface area contributed by atoms with Crippen LogP contribution in [0.4, 0.5) is 11.4 Å². The molecule has 0 spiro atoms. The minimum absolute atomic E-state index is 0.0127. The summed E-state index contributed by atoms with van der Waals surface area (Å²) in [6.07, 6.45) is 0.939. The number of benzene rings is 3. The van der Waals surface area contributed by atoms with Gasteiger partial charge in [-0.1, -0.05) is 24.6 Å². The van der Waals surface area contributed by atoms with Gasteiger partial charge >= 0.3 is 0 Å². The lowest BCUT2D eigenvalue weighted by Gasteiger charge is -2.36. The molecule has 0 aliphatic carbocycles. The van der Waals surface area contributed by atoms with E-state index in [1.165, 1.54) is 0 Å². The second kappa shape index (κ2) is 13.0. The maximum atomic E-state index is 13.0. The fourth-order valence-electron chi connectivity index (χ4n) is 4.31. The molecular weight excluding hydrogens is 532 g/mol. The van der Waals surface area contributed by atoms with Gasteiger partial charge in [-0.25, -0.2) is 0 Å². The van der Waals surface area contributed by atoms with Crippen molar-refractivity contribution >= 4 is 52.1 Å². The van der Waals surface area contributed by atoms with Gasteiger partial charge in [0, 0.05) is 43.0 Å². The molecule has 0 radical (unpaired) electrons. The minimum atomic E-state index is -0.272. The van der Waals surface area contributed by atoms with E-state index in [4.69, 9.17) is 28.6 Å². The number of carbonyl (C=O) groups is 2. The van der Waals surface area contributed by atoms with Gasteiger partial charge in [0.15, 0.2) is 5.11 Å². The molecule has 0 unspecified atom stereocenters. The first kappa shape index (κ1) is 28.4. The summed E-state index contributed by atoms with van der Waals surface area (Å²) < 4.78 is 5.61. The molecule has 2 amide bonds. The Morgan fingerprint density at radius 3 is 2.26 bits per heavy atom. The second-order valence-corrected chi connectivity index (χ2v) is 10.3. The first-order valence-electron chi connectivity index (χ1n) is 13.0. The monoisotopic (exact) mass is 564 g/mol. The number of amides is 2. The number of nitrogens with zero attached hydrogens (tertiary/aromatic N) is 2. The van der Waals surface area contributed by atoms with Gasteiger partial charge in [0.1, 0.15) is 5.75 Å². The molecule has 204 valence electrons. The van der Waals surface area contributed by atoms with Crippen LogP contribution in [-0.2, 0) is 0 Å². The van der Waals surface area contributed by atoms with E-state index in [9.17, 15) is 9.59 Å². The number of halogens is 1. The second-order valence-electron chi connectivity index (χ2n) is 9.53. The number of aryl methyl sites for hydroxylation is 2. The molecule has 2 N–H and O–H groups in total. The lowest BCUT2D eigenvalue weighted by Crippen LogP contribution is -2.48. The summed E-state index contributed by atoms with van der Waals surface area (Å²) in [4.78, 5) is 29.5. The fourth-order valence-corrected chi connectivity index (χ4v) is 4.82. The topological polar surface area (TPSA) is 73.9 Å². The van der Waals surface area contributed by atoms with Gasteiger partial charge < -0.3 is 19.9 Å². The summed E-state index contributed by atoms with van der Waals surface area (Å²) >= 11 is 12.0. The molecule has 1 aliphatic rings. The van der Waals surface area contributed by atoms with E-state index >= 15 is 0 Å². The van der Waals surface area contributed by atoms with Crippen molar-refractivity contribution in [1.29, 1.82) is 0 Å². The van der Waals surface area contributed by atoms with E-state index in [0.717, 1.165) is 29.0 Å². The van der Waals surface area contributed by atoms with Crippen LogP contribution in [0.2, 0.25) is 5.02 Å². The fraction of sp³-hybridized carbons (Fsp3) is 0.300.